The molecule has 4 fully saturated rings. The Balaban J connectivity index is 1.53. The highest BCUT2D eigenvalue weighted by Crippen LogP contribution is 2.69. The minimum absolute atomic E-state index is 0.00470. The SMILES string of the molecule is COc1cc2c(cc1OC)[C@]13CCN4CC5=CCO[C@@H]6CC(=O)N2[C@H]1[C@@H]6[C@H]5[C@H]3C4. The first-order valence-corrected chi connectivity index (χ1v) is 10.8. The van der Waals surface area contributed by atoms with Crippen molar-refractivity contribution in [2.45, 2.75) is 30.4 Å². The lowest BCUT2D eigenvalue weighted by Crippen LogP contribution is -2.58. The fraction of sp³-hybridized carbons (Fsp3) is 0.609. The molecule has 5 aliphatic heterocycles. The summed E-state index contributed by atoms with van der Waals surface area (Å²) in [7, 11) is 3.36. The molecule has 0 aromatic heterocycles. The lowest BCUT2D eigenvalue weighted by molar-refractivity contribution is -0.127. The van der Waals surface area contributed by atoms with E-state index in [-0.39, 0.29) is 23.5 Å². The van der Waals surface area contributed by atoms with E-state index >= 15 is 0 Å². The molecular formula is C23H26N2O4. The number of piperidine rings is 3. The zero-order valence-electron chi connectivity index (χ0n) is 16.9. The molecule has 2 bridgehead atoms. The number of hydrogen-bond donors (Lipinski definition) is 0. The number of nitrogens with zero attached hydrogens (tertiary/aromatic N) is 2. The second kappa shape index (κ2) is 5.35. The van der Waals surface area contributed by atoms with Crippen molar-refractivity contribution in [3.63, 3.8) is 0 Å². The lowest BCUT2D eigenvalue weighted by Gasteiger charge is -2.50. The maximum absolute atomic E-state index is 13.4. The predicted octanol–water partition coefficient (Wildman–Crippen LogP) is 1.97. The molecule has 1 spiro atoms. The van der Waals surface area contributed by atoms with Crippen LogP contribution in [0.25, 0.3) is 0 Å². The van der Waals surface area contributed by atoms with Gasteiger partial charge in [0.2, 0.25) is 5.91 Å². The van der Waals surface area contributed by atoms with Gasteiger partial charge in [-0.1, -0.05) is 11.6 Å². The van der Waals surface area contributed by atoms with Crippen molar-refractivity contribution in [3.8, 4) is 11.5 Å². The number of benzene rings is 1. The van der Waals surface area contributed by atoms with Gasteiger partial charge < -0.3 is 19.1 Å². The van der Waals surface area contributed by atoms with E-state index in [0.717, 1.165) is 37.5 Å². The Morgan fingerprint density at radius 1 is 1.21 bits per heavy atom. The van der Waals surface area contributed by atoms with Crippen molar-refractivity contribution < 1.29 is 19.0 Å². The van der Waals surface area contributed by atoms with Gasteiger partial charge in [0, 0.05) is 30.5 Å². The third-order valence-corrected chi connectivity index (χ3v) is 8.80. The Kier molecular flexibility index (Phi) is 3.08. The van der Waals surface area contributed by atoms with Crippen LogP contribution in [0.5, 0.6) is 11.5 Å². The van der Waals surface area contributed by atoms with Gasteiger partial charge in [-0.15, -0.1) is 0 Å². The standard InChI is InChI=1S/C23H26N2O4/c1-27-16-7-13-15(8-17(16)28-2)25-19(26)9-18-21-20-12(3-6-29-18)10-24-5-4-23(13,22(21)25)14(20)11-24/h3,7-8,14,18,20-22H,4-6,9-11H2,1-2H3/t14-,18-,20-,21+,22+,23+/m1/s1. The molecule has 0 N–H and O–H groups in total. The van der Waals surface area contributed by atoms with E-state index in [1.807, 2.05) is 6.07 Å². The number of hydrogen-bond acceptors (Lipinski definition) is 5. The van der Waals surface area contributed by atoms with Crippen LogP contribution in [0.15, 0.2) is 23.8 Å². The molecule has 1 aromatic carbocycles. The van der Waals surface area contributed by atoms with Gasteiger partial charge in [-0.25, -0.2) is 0 Å². The van der Waals surface area contributed by atoms with E-state index in [9.17, 15) is 4.79 Å². The average Bonchev–Trinajstić information content (AvgIpc) is 3.12. The van der Waals surface area contributed by atoms with Gasteiger partial charge in [0.1, 0.15) is 0 Å². The van der Waals surface area contributed by atoms with E-state index in [1.165, 1.54) is 5.56 Å². The van der Waals surface area contributed by atoms with Crippen LogP contribution in [0.3, 0.4) is 0 Å². The highest BCUT2D eigenvalue weighted by Gasteiger charge is 2.73. The molecule has 7 rings (SSSR count). The summed E-state index contributed by atoms with van der Waals surface area (Å²) in [5.74, 6) is 3.11. The third kappa shape index (κ3) is 1.76. The highest BCUT2D eigenvalue weighted by atomic mass is 16.5. The largest absolute Gasteiger partial charge is 0.493 e. The Morgan fingerprint density at radius 3 is 2.86 bits per heavy atom. The molecule has 29 heavy (non-hydrogen) atoms. The van der Waals surface area contributed by atoms with Gasteiger partial charge in [-0.05, 0) is 36.4 Å². The van der Waals surface area contributed by atoms with Crippen molar-refractivity contribution >= 4 is 11.6 Å². The number of carbonyl (C=O) groups is 1. The summed E-state index contributed by atoms with van der Waals surface area (Å²) in [4.78, 5) is 18.2. The molecule has 5 heterocycles. The predicted molar refractivity (Wildman–Crippen MR) is 106 cm³/mol. The molecule has 0 radical (unpaired) electrons. The van der Waals surface area contributed by atoms with Crippen LogP contribution in [0.4, 0.5) is 5.69 Å². The molecule has 1 saturated carbocycles. The molecule has 6 nitrogen and oxygen atoms in total. The quantitative estimate of drug-likeness (QED) is 0.718. The summed E-state index contributed by atoms with van der Waals surface area (Å²) in [5, 5.41) is 0. The molecular weight excluding hydrogens is 368 g/mol. The monoisotopic (exact) mass is 394 g/mol. The topological polar surface area (TPSA) is 51.2 Å². The maximum atomic E-state index is 13.4. The number of rotatable bonds is 2. The Bertz CT molecular complexity index is 974. The second-order valence-corrected chi connectivity index (χ2v) is 9.52. The van der Waals surface area contributed by atoms with E-state index < -0.39 is 0 Å². The van der Waals surface area contributed by atoms with Crippen molar-refractivity contribution in [2.24, 2.45) is 17.8 Å². The number of fused-ring (bicyclic) bond motifs is 3. The summed E-state index contributed by atoms with van der Waals surface area (Å²) in [5.41, 5.74) is 3.89. The van der Waals surface area contributed by atoms with Crippen molar-refractivity contribution in [1.29, 1.82) is 0 Å². The summed E-state index contributed by atoms with van der Waals surface area (Å²) < 4.78 is 17.6. The number of ether oxygens (including phenoxy) is 3. The van der Waals surface area contributed by atoms with E-state index in [4.69, 9.17) is 14.2 Å². The molecule has 1 aliphatic carbocycles. The fourth-order valence-corrected chi connectivity index (χ4v) is 7.95. The highest BCUT2D eigenvalue weighted by molar-refractivity contribution is 6.00. The van der Waals surface area contributed by atoms with Gasteiger partial charge in [-0.3, -0.25) is 9.69 Å². The van der Waals surface area contributed by atoms with Crippen molar-refractivity contribution in [3.05, 3.63) is 29.3 Å². The molecule has 152 valence electrons. The zero-order valence-corrected chi connectivity index (χ0v) is 16.9. The van der Waals surface area contributed by atoms with Gasteiger partial charge in [-0.2, -0.15) is 0 Å². The molecule has 1 amide bonds. The van der Waals surface area contributed by atoms with Crippen LogP contribution in [0.2, 0.25) is 0 Å². The van der Waals surface area contributed by atoms with Crippen LogP contribution in [-0.4, -0.2) is 63.4 Å². The van der Waals surface area contributed by atoms with Gasteiger partial charge in [0.05, 0.1) is 45.1 Å². The van der Waals surface area contributed by atoms with Crippen LogP contribution in [0.1, 0.15) is 18.4 Å². The summed E-state index contributed by atoms with van der Waals surface area (Å²) in [6, 6.07) is 4.41. The van der Waals surface area contributed by atoms with Crippen molar-refractivity contribution in [2.75, 3.05) is 45.4 Å². The smallest absolute Gasteiger partial charge is 0.229 e. The minimum atomic E-state index is -0.00470. The molecule has 7 atom stereocenters. The molecule has 6 heteroatoms. The van der Waals surface area contributed by atoms with E-state index in [1.54, 1.807) is 19.8 Å². The Morgan fingerprint density at radius 2 is 2.03 bits per heavy atom. The summed E-state index contributed by atoms with van der Waals surface area (Å²) >= 11 is 0. The van der Waals surface area contributed by atoms with Crippen LogP contribution in [-0.2, 0) is 14.9 Å². The van der Waals surface area contributed by atoms with Crippen molar-refractivity contribution in [1.82, 2.24) is 4.90 Å². The normalized spacial score (nSPS) is 42.9. The number of carbonyl (C=O) groups excluding carboxylic acids is 1. The molecule has 1 aromatic rings. The third-order valence-electron chi connectivity index (χ3n) is 8.80. The molecule has 3 saturated heterocycles. The average molecular weight is 394 g/mol. The summed E-state index contributed by atoms with van der Waals surface area (Å²) in [6.07, 6.45) is 3.95. The first-order chi connectivity index (χ1) is 14.2. The van der Waals surface area contributed by atoms with E-state index in [0.29, 0.717) is 36.5 Å². The molecule has 6 aliphatic rings. The zero-order chi connectivity index (χ0) is 19.5. The first kappa shape index (κ1) is 16.7. The first-order valence-electron chi connectivity index (χ1n) is 10.8. The number of methoxy groups -OCH3 is 2. The van der Waals surface area contributed by atoms with Gasteiger partial charge >= 0.3 is 0 Å². The Labute approximate surface area is 170 Å². The van der Waals surface area contributed by atoms with E-state index in [2.05, 4.69) is 21.9 Å². The molecule has 1 unspecified atom stereocenters. The van der Waals surface area contributed by atoms with Crippen LogP contribution >= 0.6 is 0 Å². The fourth-order valence-electron chi connectivity index (χ4n) is 7.95. The number of anilines is 1. The summed E-state index contributed by atoms with van der Waals surface area (Å²) in [6.45, 7) is 3.93. The maximum Gasteiger partial charge on any atom is 0.229 e. The van der Waals surface area contributed by atoms with Gasteiger partial charge in [0.15, 0.2) is 11.5 Å². The van der Waals surface area contributed by atoms with Gasteiger partial charge in [0.25, 0.3) is 0 Å². The minimum Gasteiger partial charge on any atom is -0.493 e. The number of amides is 1. The lowest BCUT2D eigenvalue weighted by atomic mass is 9.63. The Hall–Kier alpha value is -2.05. The van der Waals surface area contributed by atoms with Crippen LogP contribution < -0.4 is 14.4 Å². The van der Waals surface area contributed by atoms with Crippen LogP contribution in [0, 0.1) is 17.8 Å². The second-order valence-electron chi connectivity index (χ2n) is 9.52.